The Balaban J connectivity index is 1.23. The van der Waals surface area contributed by atoms with Crippen LogP contribution in [0.3, 0.4) is 0 Å². The molecule has 33 heavy (non-hydrogen) atoms. The molecule has 2 bridgehead atoms. The summed E-state index contributed by atoms with van der Waals surface area (Å²) in [5.74, 6) is 0.0560. The molecule has 0 radical (unpaired) electrons. The van der Waals surface area contributed by atoms with Crippen LogP contribution in [0.2, 0.25) is 0 Å². The highest BCUT2D eigenvalue weighted by Gasteiger charge is 2.36. The monoisotopic (exact) mass is 513 g/mol. The van der Waals surface area contributed by atoms with Gasteiger partial charge in [0.2, 0.25) is 11.8 Å². The molecule has 4 atom stereocenters. The molecule has 0 saturated carbocycles. The zero-order chi connectivity index (χ0) is 23.2. The molecule has 9 nitrogen and oxygen atoms in total. The third kappa shape index (κ3) is 4.93. The Bertz CT molecular complexity index is 1050. The number of fused-ring (bicyclic) bond motifs is 5. The zero-order valence-corrected chi connectivity index (χ0v) is 20.5. The number of halogens is 1. The van der Waals surface area contributed by atoms with E-state index < -0.39 is 21.6 Å². The summed E-state index contributed by atoms with van der Waals surface area (Å²) in [7, 11) is -3.89. The van der Waals surface area contributed by atoms with Crippen LogP contribution in [0.5, 0.6) is 0 Å². The third-order valence-electron chi connectivity index (χ3n) is 6.76. The van der Waals surface area contributed by atoms with Gasteiger partial charge in [-0.2, -0.15) is 4.72 Å². The van der Waals surface area contributed by atoms with E-state index in [1.165, 1.54) is 11.0 Å². The van der Waals surface area contributed by atoms with E-state index in [1.54, 1.807) is 12.2 Å². The van der Waals surface area contributed by atoms with Gasteiger partial charge >= 0.3 is 0 Å². The Morgan fingerprint density at radius 1 is 1.27 bits per heavy atom. The number of thiophene rings is 1. The van der Waals surface area contributed by atoms with Crippen LogP contribution in [-0.2, 0) is 19.6 Å². The number of alkyl halides is 1. The molecule has 1 aromatic heterocycles. The van der Waals surface area contributed by atoms with Crippen LogP contribution < -0.4 is 15.4 Å². The molecule has 5 aliphatic heterocycles. The quantitative estimate of drug-likeness (QED) is 0.403. The van der Waals surface area contributed by atoms with Gasteiger partial charge in [-0.3, -0.25) is 9.59 Å². The van der Waals surface area contributed by atoms with Gasteiger partial charge < -0.3 is 20.4 Å². The Morgan fingerprint density at radius 3 is 2.91 bits per heavy atom. The van der Waals surface area contributed by atoms with Crippen molar-refractivity contribution in [1.82, 2.24) is 19.8 Å². The molecule has 180 valence electrons. The summed E-state index contributed by atoms with van der Waals surface area (Å²) in [6, 6.07) is 0.985. The van der Waals surface area contributed by atoms with E-state index in [9.17, 15) is 18.0 Å². The molecular formula is C21H28ClN5O4S2. The molecule has 0 spiro atoms. The van der Waals surface area contributed by atoms with E-state index in [2.05, 4.69) is 15.4 Å². The molecule has 12 heteroatoms. The Kier molecular flexibility index (Phi) is 6.43. The number of anilines is 1. The van der Waals surface area contributed by atoms with Crippen LogP contribution in [-0.4, -0.2) is 80.3 Å². The lowest BCUT2D eigenvalue weighted by atomic mass is 9.97. The number of carbonyl (C=O) groups excluding carboxylic acids is 2. The number of amides is 2. The summed E-state index contributed by atoms with van der Waals surface area (Å²) < 4.78 is 28.7. The van der Waals surface area contributed by atoms with Crippen molar-refractivity contribution in [2.75, 3.05) is 38.0 Å². The minimum atomic E-state index is -3.89. The Labute approximate surface area is 202 Å². The lowest BCUT2D eigenvalue weighted by Gasteiger charge is -2.33. The summed E-state index contributed by atoms with van der Waals surface area (Å²) in [4.78, 5) is 30.2. The van der Waals surface area contributed by atoms with Gasteiger partial charge in [0.05, 0.1) is 17.1 Å². The van der Waals surface area contributed by atoms with Crippen molar-refractivity contribution in [2.45, 2.75) is 47.5 Å². The molecule has 0 aliphatic carbocycles. The molecule has 0 aromatic carbocycles. The molecule has 2 amide bonds. The number of hydrogen-bond acceptors (Lipinski definition) is 7. The lowest BCUT2D eigenvalue weighted by Crippen LogP contribution is -2.55. The SMILES string of the molecule is O=C(CN1CCC[C@H](NS(=O)(=O)c2cc3c(s2)C=CC(Cl)N3)C1=O)N1CC2CCC(C1)NC2. The van der Waals surface area contributed by atoms with Gasteiger partial charge in [-0.15, -0.1) is 11.3 Å². The normalized spacial score (nSPS) is 29.5. The topological polar surface area (TPSA) is 111 Å². The molecule has 3 unspecified atom stereocenters. The molecule has 3 N–H and O–H groups in total. The molecule has 5 aliphatic rings. The summed E-state index contributed by atoms with van der Waals surface area (Å²) in [6.45, 7) is 2.78. The van der Waals surface area contributed by atoms with Crippen molar-refractivity contribution in [3.63, 3.8) is 0 Å². The molecular weight excluding hydrogens is 486 g/mol. The second-order valence-electron chi connectivity index (χ2n) is 9.17. The fourth-order valence-electron chi connectivity index (χ4n) is 4.98. The van der Waals surface area contributed by atoms with E-state index in [0.717, 1.165) is 42.1 Å². The standard InChI is InChI=1S/C21H28ClN5O4S2/c22-18-6-5-17-16(24-18)8-20(32-17)33(30,31)25-15-2-1-7-26(21(15)29)12-19(28)27-10-13-3-4-14(11-27)23-9-13/h5-6,8,13-15,18,23-25H,1-4,7,9-12H2/t13?,14?,15-,18?/m0/s1. The number of nitrogens with zero attached hydrogens (tertiary/aromatic N) is 2. The molecule has 6 rings (SSSR count). The van der Waals surface area contributed by atoms with Crippen molar-refractivity contribution in [3.8, 4) is 0 Å². The lowest BCUT2D eigenvalue weighted by molar-refractivity contribution is -0.143. The van der Waals surface area contributed by atoms with Gasteiger partial charge in [-0.25, -0.2) is 8.42 Å². The highest BCUT2D eigenvalue weighted by Crippen LogP contribution is 2.35. The van der Waals surface area contributed by atoms with Crippen LogP contribution in [0.1, 0.15) is 30.6 Å². The number of hydrogen-bond donors (Lipinski definition) is 3. The molecule has 1 aromatic rings. The second kappa shape index (κ2) is 9.18. The van der Waals surface area contributed by atoms with Crippen molar-refractivity contribution in [3.05, 3.63) is 17.0 Å². The largest absolute Gasteiger partial charge is 0.365 e. The van der Waals surface area contributed by atoms with Crippen molar-refractivity contribution >= 4 is 56.5 Å². The van der Waals surface area contributed by atoms with Gasteiger partial charge in [0, 0.05) is 25.7 Å². The average Bonchev–Trinajstić information content (AvgIpc) is 2.97. The minimum absolute atomic E-state index is 0.00434. The fourth-order valence-corrected chi connectivity index (χ4v) is 7.77. The van der Waals surface area contributed by atoms with Crippen LogP contribution in [0.15, 0.2) is 16.4 Å². The Morgan fingerprint density at radius 2 is 2.12 bits per heavy atom. The first-order valence-electron chi connectivity index (χ1n) is 11.3. The molecule has 4 saturated heterocycles. The van der Waals surface area contributed by atoms with E-state index in [4.69, 9.17) is 11.6 Å². The summed E-state index contributed by atoms with van der Waals surface area (Å²) in [6.07, 6.45) is 6.78. The number of nitrogens with one attached hydrogen (secondary N) is 3. The number of carbonyl (C=O) groups is 2. The molecule has 4 fully saturated rings. The maximum Gasteiger partial charge on any atom is 0.250 e. The first-order chi connectivity index (χ1) is 15.8. The highest BCUT2D eigenvalue weighted by molar-refractivity contribution is 7.91. The predicted octanol–water partition coefficient (Wildman–Crippen LogP) is 1.23. The fraction of sp³-hybridized carbons (Fsp3) is 0.619. The van der Waals surface area contributed by atoms with Crippen molar-refractivity contribution in [1.29, 1.82) is 0 Å². The Hall–Kier alpha value is -1.66. The van der Waals surface area contributed by atoms with E-state index in [-0.39, 0.29) is 22.6 Å². The predicted molar refractivity (Wildman–Crippen MR) is 128 cm³/mol. The van der Waals surface area contributed by atoms with Gasteiger partial charge in [-0.1, -0.05) is 11.6 Å². The number of likely N-dealkylation sites (tertiary alicyclic amines) is 1. The van der Waals surface area contributed by atoms with Gasteiger partial charge in [0.1, 0.15) is 15.8 Å². The summed E-state index contributed by atoms with van der Waals surface area (Å²) >= 11 is 7.16. The second-order valence-corrected chi connectivity index (χ2v) is 12.7. The number of rotatable bonds is 5. The summed E-state index contributed by atoms with van der Waals surface area (Å²) in [5, 5.41) is 6.50. The number of piperidine rings is 2. The minimum Gasteiger partial charge on any atom is -0.365 e. The van der Waals surface area contributed by atoms with Crippen LogP contribution in [0, 0.1) is 5.92 Å². The molecule has 6 heterocycles. The van der Waals surface area contributed by atoms with Crippen molar-refractivity contribution in [2.24, 2.45) is 5.92 Å². The van der Waals surface area contributed by atoms with Gasteiger partial charge in [0.25, 0.3) is 10.0 Å². The van der Waals surface area contributed by atoms with Crippen LogP contribution >= 0.6 is 22.9 Å². The maximum absolute atomic E-state index is 13.1. The van der Waals surface area contributed by atoms with E-state index in [0.29, 0.717) is 43.6 Å². The van der Waals surface area contributed by atoms with Gasteiger partial charge in [-0.05, 0) is 56.4 Å². The zero-order valence-electron chi connectivity index (χ0n) is 18.1. The summed E-state index contributed by atoms with van der Waals surface area (Å²) in [5.41, 5.74) is 0.266. The average molecular weight is 514 g/mol. The number of sulfonamides is 1. The van der Waals surface area contributed by atoms with E-state index >= 15 is 0 Å². The van der Waals surface area contributed by atoms with Gasteiger partial charge in [0.15, 0.2) is 0 Å². The van der Waals surface area contributed by atoms with Crippen LogP contribution in [0.4, 0.5) is 5.69 Å². The van der Waals surface area contributed by atoms with E-state index in [1.807, 2.05) is 4.90 Å². The first-order valence-corrected chi connectivity index (χ1v) is 14.1. The first kappa shape index (κ1) is 23.1. The smallest absolute Gasteiger partial charge is 0.250 e. The third-order valence-corrected chi connectivity index (χ3v) is 10.1. The highest BCUT2D eigenvalue weighted by atomic mass is 35.5. The maximum atomic E-state index is 13.1. The van der Waals surface area contributed by atoms with Crippen molar-refractivity contribution < 1.29 is 18.0 Å². The van der Waals surface area contributed by atoms with Crippen LogP contribution in [0.25, 0.3) is 6.08 Å².